The van der Waals surface area contributed by atoms with Gasteiger partial charge in [0.05, 0.1) is 0 Å². The molecule has 0 saturated carbocycles. The van der Waals surface area contributed by atoms with Crippen molar-refractivity contribution in [1.82, 2.24) is 0 Å². The Balaban J connectivity index is 2.23. The third kappa shape index (κ3) is 1.75. The van der Waals surface area contributed by atoms with Crippen LogP contribution in [0.25, 0.3) is 0 Å². The number of benzene rings is 1. The molecule has 1 aromatic rings. The standard InChI is InChI=1S/C10H6F4O2/c11-6-3-1-5(2-4-6)8-7(9(15)16-8)10(12,13)14/h1-4,7-8H/t7-,8?/m1/s1. The Morgan fingerprint density at radius 3 is 2.12 bits per heavy atom. The number of halogens is 4. The summed E-state index contributed by atoms with van der Waals surface area (Å²) in [6.45, 7) is 0. The van der Waals surface area contributed by atoms with Crippen LogP contribution in [0.5, 0.6) is 0 Å². The maximum atomic E-state index is 12.5. The van der Waals surface area contributed by atoms with E-state index in [4.69, 9.17) is 0 Å². The van der Waals surface area contributed by atoms with Crippen molar-refractivity contribution >= 4 is 5.97 Å². The van der Waals surface area contributed by atoms with Crippen molar-refractivity contribution in [1.29, 1.82) is 0 Å². The Morgan fingerprint density at radius 1 is 1.12 bits per heavy atom. The lowest BCUT2D eigenvalue weighted by atomic mass is 9.90. The predicted molar refractivity (Wildman–Crippen MR) is 44.8 cm³/mol. The number of hydrogen-bond acceptors (Lipinski definition) is 2. The van der Waals surface area contributed by atoms with Crippen LogP contribution in [-0.4, -0.2) is 12.1 Å². The third-order valence-electron chi connectivity index (χ3n) is 2.35. The van der Waals surface area contributed by atoms with Gasteiger partial charge >= 0.3 is 12.1 Å². The minimum atomic E-state index is -4.63. The first-order valence-electron chi connectivity index (χ1n) is 4.42. The van der Waals surface area contributed by atoms with Gasteiger partial charge in [-0.05, 0) is 17.7 Å². The fourth-order valence-corrected chi connectivity index (χ4v) is 1.54. The molecule has 1 heterocycles. The van der Waals surface area contributed by atoms with Crippen LogP contribution in [0.1, 0.15) is 11.7 Å². The Labute approximate surface area is 87.8 Å². The van der Waals surface area contributed by atoms with E-state index in [1.807, 2.05) is 0 Å². The molecule has 0 amide bonds. The number of rotatable bonds is 1. The van der Waals surface area contributed by atoms with E-state index in [1.54, 1.807) is 0 Å². The van der Waals surface area contributed by atoms with E-state index in [-0.39, 0.29) is 5.56 Å². The molecule has 0 aliphatic carbocycles. The van der Waals surface area contributed by atoms with Gasteiger partial charge in [-0.3, -0.25) is 4.79 Å². The van der Waals surface area contributed by atoms with Crippen molar-refractivity contribution in [3.8, 4) is 0 Å². The van der Waals surface area contributed by atoms with Crippen LogP contribution in [0.3, 0.4) is 0 Å². The molecule has 1 saturated heterocycles. The predicted octanol–water partition coefficient (Wildman–Crippen LogP) is 2.60. The monoisotopic (exact) mass is 234 g/mol. The summed E-state index contributed by atoms with van der Waals surface area (Å²) in [6, 6.07) is 4.39. The van der Waals surface area contributed by atoms with Crippen molar-refractivity contribution in [2.45, 2.75) is 12.3 Å². The second-order valence-corrected chi connectivity index (χ2v) is 3.43. The second-order valence-electron chi connectivity index (χ2n) is 3.43. The highest BCUT2D eigenvalue weighted by Gasteiger charge is 2.59. The molecule has 16 heavy (non-hydrogen) atoms. The van der Waals surface area contributed by atoms with Gasteiger partial charge in [-0.2, -0.15) is 13.2 Å². The SMILES string of the molecule is O=C1OC(c2ccc(F)cc2)[C@H]1C(F)(F)F. The molecule has 2 atom stereocenters. The molecular formula is C10H6F4O2. The van der Waals surface area contributed by atoms with Crippen LogP contribution in [0.2, 0.25) is 0 Å². The molecule has 0 radical (unpaired) electrons. The summed E-state index contributed by atoms with van der Waals surface area (Å²) in [6.07, 6.45) is -5.98. The average molecular weight is 234 g/mol. The van der Waals surface area contributed by atoms with Gasteiger partial charge in [-0.1, -0.05) is 12.1 Å². The number of esters is 1. The molecule has 1 aliphatic rings. The Hall–Kier alpha value is -1.59. The topological polar surface area (TPSA) is 26.3 Å². The molecule has 0 aromatic heterocycles. The minimum absolute atomic E-state index is 0.142. The molecule has 0 N–H and O–H groups in total. The van der Waals surface area contributed by atoms with Gasteiger partial charge in [0.25, 0.3) is 0 Å². The van der Waals surface area contributed by atoms with Crippen LogP contribution < -0.4 is 0 Å². The number of ether oxygens (including phenoxy) is 1. The summed E-state index contributed by atoms with van der Waals surface area (Å²) in [4.78, 5) is 10.7. The lowest BCUT2D eigenvalue weighted by Gasteiger charge is -2.36. The lowest BCUT2D eigenvalue weighted by Crippen LogP contribution is -2.47. The maximum Gasteiger partial charge on any atom is 0.406 e. The van der Waals surface area contributed by atoms with Crippen LogP contribution in [0.4, 0.5) is 17.6 Å². The van der Waals surface area contributed by atoms with E-state index in [1.165, 1.54) is 12.1 Å². The molecule has 1 aliphatic heterocycles. The van der Waals surface area contributed by atoms with Crippen LogP contribution >= 0.6 is 0 Å². The van der Waals surface area contributed by atoms with Gasteiger partial charge in [-0.15, -0.1) is 0 Å². The maximum absolute atomic E-state index is 12.5. The van der Waals surface area contributed by atoms with Gasteiger partial charge < -0.3 is 4.74 Å². The molecule has 2 rings (SSSR count). The number of carbonyl (C=O) groups excluding carboxylic acids is 1. The lowest BCUT2D eigenvalue weighted by molar-refractivity contribution is -0.256. The van der Waals surface area contributed by atoms with Crippen molar-refractivity contribution < 1.29 is 27.1 Å². The number of carbonyl (C=O) groups is 1. The van der Waals surface area contributed by atoms with Crippen LogP contribution in [0, 0.1) is 11.7 Å². The summed E-state index contributed by atoms with van der Waals surface area (Å²) in [7, 11) is 0. The summed E-state index contributed by atoms with van der Waals surface area (Å²) in [5.74, 6) is -3.99. The molecular weight excluding hydrogens is 228 g/mol. The smallest absolute Gasteiger partial charge is 0.406 e. The first kappa shape index (κ1) is 10.9. The largest absolute Gasteiger partial charge is 0.456 e. The highest BCUT2D eigenvalue weighted by atomic mass is 19.4. The highest BCUT2D eigenvalue weighted by molar-refractivity contribution is 5.80. The van der Waals surface area contributed by atoms with E-state index < -0.39 is 30.0 Å². The molecule has 0 spiro atoms. The quantitative estimate of drug-likeness (QED) is 0.551. The van der Waals surface area contributed by atoms with E-state index in [0.717, 1.165) is 12.1 Å². The first-order chi connectivity index (χ1) is 7.39. The Bertz CT molecular complexity index is 410. The average Bonchev–Trinajstić information content (AvgIpc) is 2.13. The van der Waals surface area contributed by atoms with E-state index in [2.05, 4.69) is 4.74 Å². The summed E-state index contributed by atoms with van der Waals surface area (Å²) >= 11 is 0. The molecule has 0 bridgehead atoms. The fraction of sp³-hybridized carbons (Fsp3) is 0.300. The molecule has 1 aromatic carbocycles. The minimum Gasteiger partial charge on any atom is -0.456 e. The summed E-state index contributed by atoms with van der Waals surface area (Å²) < 4.78 is 54.1. The van der Waals surface area contributed by atoms with Gasteiger partial charge in [-0.25, -0.2) is 4.39 Å². The summed E-state index contributed by atoms with van der Waals surface area (Å²) in [5.41, 5.74) is 0.142. The molecule has 6 heteroatoms. The summed E-state index contributed by atoms with van der Waals surface area (Å²) in [5, 5.41) is 0. The van der Waals surface area contributed by atoms with Gasteiger partial charge in [0.2, 0.25) is 0 Å². The van der Waals surface area contributed by atoms with Crippen molar-refractivity contribution in [3.05, 3.63) is 35.6 Å². The van der Waals surface area contributed by atoms with E-state index in [0.29, 0.717) is 0 Å². The number of alkyl halides is 3. The molecule has 86 valence electrons. The first-order valence-corrected chi connectivity index (χ1v) is 4.42. The molecule has 2 nitrogen and oxygen atoms in total. The van der Waals surface area contributed by atoms with Crippen molar-refractivity contribution in [2.24, 2.45) is 5.92 Å². The fourth-order valence-electron chi connectivity index (χ4n) is 1.54. The van der Waals surface area contributed by atoms with Gasteiger partial charge in [0.1, 0.15) is 11.9 Å². The second kappa shape index (κ2) is 3.47. The zero-order valence-electron chi connectivity index (χ0n) is 7.79. The van der Waals surface area contributed by atoms with Crippen molar-refractivity contribution in [2.75, 3.05) is 0 Å². The van der Waals surface area contributed by atoms with E-state index >= 15 is 0 Å². The number of cyclic esters (lactones) is 1. The van der Waals surface area contributed by atoms with Crippen molar-refractivity contribution in [3.63, 3.8) is 0 Å². The highest BCUT2D eigenvalue weighted by Crippen LogP contribution is 2.46. The zero-order valence-corrected chi connectivity index (χ0v) is 7.79. The van der Waals surface area contributed by atoms with Gasteiger partial charge in [0.15, 0.2) is 5.92 Å². The normalized spacial score (nSPS) is 24.9. The molecule has 1 unspecified atom stereocenters. The van der Waals surface area contributed by atoms with E-state index in [9.17, 15) is 22.4 Å². The van der Waals surface area contributed by atoms with Gasteiger partial charge in [0, 0.05) is 0 Å². The number of hydrogen-bond donors (Lipinski definition) is 0. The van der Waals surface area contributed by atoms with Crippen LogP contribution in [-0.2, 0) is 9.53 Å². The Kier molecular flexibility index (Phi) is 2.36. The third-order valence-corrected chi connectivity index (χ3v) is 2.35. The van der Waals surface area contributed by atoms with Crippen LogP contribution in [0.15, 0.2) is 24.3 Å². The zero-order chi connectivity index (χ0) is 11.9. The Morgan fingerprint density at radius 2 is 1.69 bits per heavy atom. The molecule has 1 fully saturated rings.